The molecule has 1 atom stereocenters. The maximum absolute atomic E-state index is 11.8. The zero-order valence-corrected chi connectivity index (χ0v) is 13.5. The Bertz CT molecular complexity index is 376. The fourth-order valence-electron chi connectivity index (χ4n) is 1.44. The van der Waals surface area contributed by atoms with E-state index in [1.165, 1.54) is 13.8 Å². The van der Waals surface area contributed by atoms with Crippen molar-refractivity contribution >= 4 is 17.9 Å². The third-order valence-electron chi connectivity index (χ3n) is 2.10. The molecule has 0 saturated carbocycles. The van der Waals surface area contributed by atoms with Gasteiger partial charge in [-0.05, 0) is 0 Å². The number of hydrogen-bond acceptors (Lipinski definition) is 7. The van der Waals surface area contributed by atoms with Crippen LogP contribution >= 0.6 is 0 Å². The van der Waals surface area contributed by atoms with Crippen molar-refractivity contribution in [3.63, 3.8) is 0 Å². The standard InChI is InChI=1S/C10H15O7.H2O.O.Zr/c1-3-16-8(13)6-10(15,5-7(11)12)9(14)17-4-2;;;/h3-6H2,1-2H3,(H,11,12);1H2;;/q-1;;;+2/p-1. The third-order valence-corrected chi connectivity index (χ3v) is 3.49. The summed E-state index contributed by atoms with van der Waals surface area (Å²) in [5.74, 6) is -3.59. The van der Waals surface area contributed by atoms with Gasteiger partial charge in [-0.2, -0.15) is 0 Å². The minimum atomic E-state index is -4.59. The van der Waals surface area contributed by atoms with Crippen LogP contribution in [0.1, 0.15) is 26.7 Å². The zero-order chi connectivity index (χ0) is 15.8. The molecule has 0 aliphatic carbocycles. The molecule has 0 saturated heterocycles. The van der Waals surface area contributed by atoms with Crippen molar-refractivity contribution in [1.29, 1.82) is 0 Å². The van der Waals surface area contributed by atoms with Crippen LogP contribution in [0, 0.1) is 0 Å². The zero-order valence-electron chi connectivity index (χ0n) is 11.1. The summed E-state index contributed by atoms with van der Waals surface area (Å²) < 4.78 is 33.7. The Labute approximate surface area is 124 Å². The Kier molecular flexibility index (Phi) is 8.60. The van der Waals surface area contributed by atoms with Crippen LogP contribution in [0.15, 0.2) is 0 Å². The predicted molar refractivity (Wildman–Crippen MR) is 56.9 cm³/mol. The van der Waals surface area contributed by atoms with Crippen LogP contribution in [0.5, 0.6) is 0 Å². The fraction of sp³-hybridized carbons (Fsp3) is 0.700. The van der Waals surface area contributed by atoms with Gasteiger partial charge in [-0.1, -0.05) is 0 Å². The first-order valence-corrected chi connectivity index (χ1v) is 8.84. The summed E-state index contributed by atoms with van der Waals surface area (Å²) in [6.07, 6.45) is -1.78. The van der Waals surface area contributed by atoms with E-state index in [1.807, 2.05) is 0 Å². The summed E-state index contributed by atoms with van der Waals surface area (Å²) >= 11 is -4.59. The SMILES string of the molecule is CCOC(=O)CC(CC(=O)O)([O][Zr](=[O])[OH])C(=O)OCC. The van der Waals surface area contributed by atoms with Crippen molar-refractivity contribution in [1.82, 2.24) is 0 Å². The molecule has 9 nitrogen and oxygen atoms in total. The van der Waals surface area contributed by atoms with Crippen molar-refractivity contribution in [3.8, 4) is 0 Å². The number of carboxylic acid groups (broad SMARTS) is 1. The molecule has 2 N–H and O–H groups in total. The molecule has 0 aromatic heterocycles. The van der Waals surface area contributed by atoms with Crippen LogP contribution in [-0.4, -0.2) is 45.0 Å². The summed E-state index contributed by atoms with van der Waals surface area (Å²) in [7, 11) is 0. The monoisotopic (exact) mass is 370 g/mol. The van der Waals surface area contributed by atoms with Crippen molar-refractivity contribution in [2.24, 2.45) is 0 Å². The second-order valence-corrected chi connectivity index (χ2v) is 5.44. The molecule has 0 amide bonds. The van der Waals surface area contributed by atoms with E-state index in [1.54, 1.807) is 0 Å². The van der Waals surface area contributed by atoms with Crippen LogP contribution in [0.4, 0.5) is 0 Å². The fourth-order valence-corrected chi connectivity index (χ4v) is 2.82. The van der Waals surface area contributed by atoms with Gasteiger partial charge in [-0.3, -0.25) is 0 Å². The predicted octanol–water partition coefficient (Wildman–Crippen LogP) is -0.481. The average molecular weight is 371 g/mol. The van der Waals surface area contributed by atoms with Crippen molar-refractivity contribution in [3.05, 3.63) is 0 Å². The molecule has 10 heteroatoms. The van der Waals surface area contributed by atoms with E-state index in [4.69, 9.17) is 8.29 Å². The Hall–Kier alpha value is -0.987. The molecule has 0 aliphatic heterocycles. The van der Waals surface area contributed by atoms with E-state index in [-0.39, 0.29) is 13.2 Å². The third kappa shape index (κ3) is 6.45. The normalized spacial score (nSPS) is 13.2. The van der Waals surface area contributed by atoms with Crippen LogP contribution < -0.4 is 0 Å². The minimum absolute atomic E-state index is 0.00687. The van der Waals surface area contributed by atoms with Crippen LogP contribution in [0.3, 0.4) is 0 Å². The van der Waals surface area contributed by atoms with Gasteiger partial charge in [0.05, 0.1) is 0 Å². The van der Waals surface area contributed by atoms with Gasteiger partial charge in [0, 0.05) is 0 Å². The first-order valence-electron chi connectivity index (χ1n) is 5.74. The Morgan fingerprint density at radius 3 is 2.05 bits per heavy atom. The van der Waals surface area contributed by atoms with Gasteiger partial charge in [0.2, 0.25) is 0 Å². The molecule has 0 rings (SSSR count). The van der Waals surface area contributed by atoms with Gasteiger partial charge >= 0.3 is 124 Å². The molecule has 20 heavy (non-hydrogen) atoms. The molecule has 0 heterocycles. The molecular weight excluding hydrogens is 355 g/mol. The topological polar surface area (TPSA) is 136 Å². The molecule has 0 aromatic rings. The van der Waals surface area contributed by atoms with Crippen molar-refractivity contribution < 1.29 is 60.4 Å². The number of carboxylic acids is 1. The summed E-state index contributed by atoms with van der Waals surface area (Å²) in [4.78, 5) is 34.1. The van der Waals surface area contributed by atoms with Gasteiger partial charge in [-0.25, -0.2) is 0 Å². The number of carbonyl (C=O) groups excluding carboxylic acids is 2. The van der Waals surface area contributed by atoms with Crippen molar-refractivity contribution in [2.75, 3.05) is 13.2 Å². The number of aliphatic carboxylic acids is 1. The average Bonchev–Trinajstić information content (AvgIpc) is 2.27. The molecule has 0 fully saturated rings. The molecule has 114 valence electrons. The van der Waals surface area contributed by atoms with Crippen LogP contribution in [-0.2, 0) is 52.1 Å². The van der Waals surface area contributed by atoms with E-state index in [0.717, 1.165) is 0 Å². The summed E-state index contributed by atoms with van der Waals surface area (Å²) in [6, 6.07) is 0. The summed E-state index contributed by atoms with van der Waals surface area (Å²) in [6.45, 7) is 2.88. The number of carbonyl (C=O) groups is 3. The van der Waals surface area contributed by atoms with Gasteiger partial charge in [0.15, 0.2) is 0 Å². The maximum atomic E-state index is 11.8. The van der Waals surface area contributed by atoms with E-state index >= 15 is 0 Å². The number of hydrogen-bond donors (Lipinski definition) is 2. The molecule has 0 aromatic carbocycles. The molecule has 0 bridgehead atoms. The Morgan fingerprint density at radius 1 is 1.10 bits per heavy atom. The van der Waals surface area contributed by atoms with Gasteiger partial charge in [-0.15, -0.1) is 0 Å². The summed E-state index contributed by atoms with van der Waals surface area (Å²) in [5.41, 5.74) is -2.33. The van der Waals surface area contributed by atoms with Crippen LogP contribution in [0.2, 0.25) is 0 Å². The number of ether oxygens (including phenoxy) is 2. The van der Waals surface area contributed by atoms with E-state index < -0.39 is 59.0 Å². The van der Waals surface area contributed by atoms with Gasteiger partial charge in [0.1, 0.15) is 0 Å². The Balaban J connectivity index is 5.39. The molecule has 1 unspecified atom stereocenters. The first-order chi connectivity index (χ1) is 9.27. The van der Waals surface area contributed by atoms with Gasteiger partial charge < -0.3 is 0 Å². The van der Waals surface area contributed by atoms with Crippen LogP contribution in [0.25, 0.3) is 0 Å². The van der Waals surface area contributed by atoms with E-state index in [9.17, 15) is 17.2 Å². The Morgan fingerprint density at radius 2 is 1.65 bits per heavy atom. The van der Waals surface area contributed by atoms with Gasteiger partial charge in [0.25, 0.3) is 0 Å². The van der Waals surface area contributed by atoms with E-state index in [2.05, 4.69) is 12.3 Å². The second kappa shape index (κ2) is 9.04. The molecule has 0 aliphatic rings. The quantitative estimate of drug-likeness (QED) is 0.515. The number of rotatable bonds is 9. The molecule has 0 spiro atoms. The van der Waals surface area contributed by atoms with E-state index in [0.29, 0.717) is 0 Å². The van der Waals surface area contributed by atoms with Crippen molar-refractivity contribution in [2.45, 2.75) is 32.3 Å². The first kappa shape index (κ1) is 19.0. The summed E-state index contributed by atoms with van der Waals surface area (Å²) in [5, 5.41) is 8.82. The second-order valence-electron chi connectivity index (χ2n) is 3.64. The molecule has 0 radical (unpaired) electrons. The number of esters is 2. The molecular formula is C10H16O9Zr.